The Balaban J connectivity index is 2.59. The number of carbonyl (C=O) groups excluding carboxylic acids is 2. The number of benzene rings is 1. The molecule has 0 spiro atoms. The summed E-state index contributed by atoms with van der Waals surface area (Å²) in [6, 6.07) is 3.95. The van der Waals surface area contributed by atoms with Gasteiger partial charge in [-0.1, -0.05) is 11.6 Å². The summed E-state index contributed by atoms with van der Waals surface area (Å²) in [4.78, 5) is 30.8. The predicted molar refractivity (Wildman–Crippen MR) is 115 cm³/mol. The Bertz CT molecular complexity index is 893. The van der Waals surface area contributed by atoms with Crippen molar-refractivity contribution in [3.05, 3.63) is 40.0 Å². The van der Waals surface area contributed by atoms with E-state index in [9.17, 15) is 9.59 Å². The van der Waals surface area contributed by atoms with E-state index in [4.69, 9.17) is 21.3 Å². The third-order valence-corrected chi connectivity index (χ3v) is 5.25. The van der Waals surface area contributed by atoms with Crippen LogP contribution >= 0.6 is 11.6 Å². The SMILES string of the molecule is CCN(CC)c1cc(OC)c(N=C2C=C(CC(C)=O)C(=O)C(Cl)=C2C)cc1C. The Labute approximate surface area is 171 Å². The summed E-state index contributed by atoms with van der Waals surface area (Å²) in [5, 5.41) is 0.105. The highest BCUT2D eigenvalue weighted by Crippen LogP contribution is 2.36. The second-order valence-electron chi connectivity index (χ2n) is 6.80. The molecule has 2 rings (SSSR count). The van der Waals surface area contributed by atoms with E-state index in [1.54, 1.807) is 20.1 Å². The van der Waals surface area contributed by atoms with Crippen molar-refractivity contribution >= 4 is 40.3 Å². The molecule has 28 heavy (non-hydrogen) atoms. The summed E-state index contributed by atoms with van der Waals surface area (Å²) >= 11 is 6.23. The first-order chi connectivity index (χ1) is 13.2. The van der Waals surface area contributed by atoms with E-state index in [-0.39, 0.29) is 23.0 Å². The highest BCUT2D eigenvalue weighted by molar-refractivity contribution is 6.49. The van der Waals surface area contributed by atoms with Crippen LogP contribution in [-0.4, -0.2) is 37.5 Å². The van der Waals surface area contributed by atoms with Gasteiger partial charge in [0.25, 0.3) is 0 Å². The largest absolute Gasteiger partial charge is 0.494 e. The van der Waals surface area contributed by atoms with Crippen molar-refractivity contribution < 1.29 is 14.3 Å². The second kappa shape index (κ2) is 9.20. The van der Waals surface area contributed by atoms with E-state index >= 15 is 0 Å². The van der Waals surface area contributed by atoms with Gasteiger partial charge in [0, 0.05) is 36.8 Å². The van der Waals surface area contributed by atoms with Crippen LogP contribution in [0.3, 0.4) is 0 Å². The fraction of sp³-hybridized carbons (Fsp3) is 0.409. The predicted octanol–water partition coefficient (Wildman–Crippen LogP) is 4.92. The molecular weight excluding hydrogens is 376 g/mol. The molecule has 0 heterocycles. The Hall–Kier alpha value is -2.40. The molecule has 0 bridgehead atoms. The minimum atomic E-state index is -0.312. The maximum atomic E-state index is 12.3. The number of halogens is 1. The molecule has 0 atom stereocenters. The van der Waals surface area contributed by atoms with E-state index < -0.39 is 0 Å². The fourth-order valence-electron chi connectivity index (χ4n) is 3.23. The Morgan fingerprint density at radius 1 is 1.21 bits per heavy atom. The maximum Gasteiger partial charge on any atom is 0.201 e. The summed E-state index contributed by atoms with van der Waals surface area (Å²) in [5.74, 6) is 0.232. The average molecular weight is 403 g/mol. The zero-order valence-electron chi connectivity index (χ0n) is 17.4. The van der Waals surface area contributed by atoms with Gasteiger partial charge < -0.3 is 9.64 Å². The maximum absolute atomic E-state index is 12.3. The number of methoxy groups -OCH3 is 1. The summed E-state index contributed by atoms with van der Waals surface area (Å²) in [7, 11) is 1.61. The Kier molecular flexibility index (Phi) is 7.19. The lowest BCUT2D eigenvalue weighted by molar-refractivity contribution is -0.118. The lowest BCUT2D eigenvalue weighted by Gasteiger charge is -2.24. The number of ketones is 2. The first-order valence-corrected chi connectivity index (χ1v) is 9.74. The number of Topliss-reactive ketones (excluding diaryl/α,β-unsaturated/α-hetero) is 2. The number of aryl methyl sites for hydroxylation is 1. The molecule has 6 heteroatoms. The van der Waals surface area contributed by atoms with Gasteiger partial charge in [-0.25, -0.2) is 4.99 Å². The van der Waals surface area contributed by atoms with E-state index in [1.165, 1.54) is 6.92 Å². The van der Waals surface area contributed by atoms with Crippen molar-refractivity contribution in [2.75, 3.05) is 25.1 Å². The van der Waals surface area contributed by atoms with E-state index in [2.05, 4.69) is 18.7 Å². The third kappa shape index (κ3) is 4.53. The average Bonchev–Trinajstić information content (AvgIpc) is 2.65. The number of aliphatic imine (C=N–C) groups is 1. The second-order valence-corrected chi connectivity index (χ2v) is 7.17. The van der Waals surface area contributed by atoms with Crippen molar-refractivity contribution in [3.63, 3.8) is 0 Å². The molecule has 1 aromatic rings. The normalized spacial score (nSPS) is 15.8. The number of carbonyl (C=O) groups is 2. The van der Waals surface area contributed by atoms with Crippen LogP contribution < -0.4 is 9.64 Å². The summed E-state index contributed by atoms with van der Waals surface area (Å²) in [6.45, 7) is 11.2. The number of hydrogen-bond acceptors (Lipinski definition) is 5. The van der Waals surface area contributed by atoms with Crippen LogP contribution in [-0.2, 0) is 9.59 Å². The molecular formula is C22H27ClN2O3. The standard InChI is InChI=1S/C22H27ClN2O3/c1-7-25(8-2)19-12-20(28-6)18(9-13(19)3)24-17-11-16(10-14(4)26)22(27)21(23)15(17)5/h9,11-12H,7-8,10H2,1-6H3. The first kappa shape index (κ1) is 21.9. The summed E-state index contributed by atoms with van der Waals surface area (Å²) < 4.78 is 5.57. The number of allylic oxidation sites excluding steroid dienone is 4. The fourth-order valence-corrected chi connectivity index (χ4v) is 3.44. The molecule has 0 N–H and O–H groups in total. The minimum absolute atomic E-state index is 0.0401. The van der Waals surface area contributed by atoms with Crippen LogP contribution in [0.5, 0.6) is 5.75 Å². The molecule has 0 radical (unpaired) electrons. The molecule has 0 saturated heterocycles. The Morgan fingerprint density at radius 2 is 1.86 bits per heavy atom. The monoisotopic (exact) mass is 402 g/mol. The molecule has 1 aromatic carbocycles. The highest BCUT2D eigenvalue weighted by atomic mass is 35.5. The number of rotatable bonds is 7. The minimum Gasteiger partial charge on any atom is -0.494 e. The van der Waals surface area contributed by atoms with E-state index in [0.29, 0.717) is 28.3 Å². The molecule has 0 aliphatic heterocycles. The molecule has 0 saturated carbocycles. The topological polar surface area (TPSA) is 59.0 Å². The van der Waals surface area contributed by atoms with Gasteiger partial charge in [0.1, 0.15) is 17.2 Å². The van der Waals surface area contributed by atoms with Crippen molar-refractivity contribution in [2.24, 2.45) is 4.99 Å². The van der Waals surface area contributed by atoms with Gasteiger partial charge in [-0.15, -0.1) is 0 Å². The molecule has 1 aliphatic rings. The van der Waals surface area contributed by atoms with Gasteiger partial charge in [0.05, 0.1) is 17.9 Å². The van der Waals surface area contributed by atoms with Gasteiger partial charge in [0.15, 0.2) is 0 Å². The van der Waals surface area contributed by atoms with Crippen molar-refractivity contribution in [3.8, 4) is 5.75 Å². The highest BCUT2D eigenvalue weighted by Gasteiger charge is 2.25. The first-order valence-electron chi connectivity index (χ1n) is 9.37. The number of hydrogen-bond donors (Lipinski definition) is 0. The molecule has 1 aliphatic carbocycles. The van der Waals surface area contributed by atoms with Gasteiger partial charge in [0.2, 0.25) is 5.78 Å². The zero-order valence-corrected chi connectivity index (χ0v) is 18.1. The third-order valence-electron chi connectivity index (χ3n) is 4.80. The van der Waals surface area contributed by atoms with Gasteiger partial charge in [-0.05, 0) is 57.9 Å². The van der Waals surface area contributed by atoms with Crippen LogP contribution in [0.1, 0.15) is 39.7 Å². The van der Waals surface area contributed by atoms with E-state index in [0.717, 1.165) is 24.3 Å². The number of anilines is 1. The lowest BCUT2D eigenvalue weighted by atomic mass is 9.94. The molecule has 150 valence electrons. The van der Waals surface area contributed by atoms with Crippen molar-refractivity contribution in [1.29, 1.82) is 0 Å². The van der Waals surface area contributed by atoms with Crippen LogP contribution in [0, 0.1) is 6.92 Å². The molecule has 0 unspecified atom stereocenters. The lowest BCUT2D eigenvalue weighted by Crippen LogP contribution is -2.22. The zero-order chi connectivity index (χ0) is 21.0. The Morgan fingerprint density at radius 3 is 2.39 bits per heavy atom. The van der Waals surface area contributed by atoms with Gasteiger partial charge in [-0.2, -0.15) is 0 Å². The van der Waals surface area contributed by atoms with E-state index in [1.807, 2.05) is 19.1 Å². The quantitative estimate of drug-likeness (QED) is 0.607. The van der Waals surface area contributed by atoms with Gasteiger partial charge >= 0.3 is 0 Å². The van der Waals surface area contributed by atoms with Gasteiger partial charge in [-0.3, -0.25) is 9.59 Å². The van der Waals surface area contributed by atoms with Crippen LogP contribution in [0.4, 0.5) is 11.4 Å². The van der Waals surface area contributed by atoms with Crippen molar-refractivity contribution in [1.82, 2.24) is 0 Å². The molecule has 0 amide bonds. The van der Waals surface area contributed by atoms with Crippen LogP contribution in [0.15, 0.2) is 39.4 Å². The smallest absolute Gasteiger partial charge is 0.201 e. The van der Waals surface area contributed by atoms with Crippen molar-refractivity contribution in [2.45, 2.75) is 41.0 Å². The number of ether oxygens (including phenoxy) is 1. The van der Waals surface area contributed by atoms with Crippen LogP contribution in [0.2, 0.25) is 0 Å². The summed E-state index contributed by atoms with van der Waals surface area (Å²) in [5.41, 5.74) is 4.35. The molecule has 5 nitrogen and oxygen atoms in total. The van der Waals surface area contributed by atoms with Crippen LogP contribution in [0.25, 0.3) is 0 Å². The molecule has 0 aromatic heterocycles. The number of nitrogens with zero attached hydrogens (tertiary/aromatic N) is 2. The molecule has 0 fully saturated rings. The summed E-state index contributed by atoms with van der Waals surface area (Å²) in [6.07, 6.45) is 1.69.